The molecule has 65 valence electrons. The van der Waals surface area contributed by atoms with Crippen LogP contribution in [0.25, 0.3) is 0 Å². The summed E-state index contributed by atoms with van der Waals surface area (Å²) in [5.74, 6) is -0.191. The van der Waals surface area contributed by atoms with Gasteiger partial charge in [-0.15, -0.1) is 0 Å². The zero-order valence-electron chi connectivity index (χ0n) is 7.26. The Hall–Kier alpha value is -1.05. The van der Waals surface area contributed by atoms with E-state index in [9.17, 15) is 4.39 Å². The molecule has 0 unspecified atom stereocenters. The van der Waals surface area contributed by atoms with Crippen molar-refractivity contribution in [3.63, 3.8) is 0 Å². The average molecular weight is 166 g/mol. The average Bonchev–Trinajstić information content (AvgIpc) is 2.05. The summed E-state index contributed by atoms with van der Waals surface area (Å²) >= 11 is 0. The van der Waals surface area contributed by atoms with Crippen LogP contribution in [0.4, 0.5) is 10.1 Å². The maximum Gasteiger partial charge on any atom is 0.125 e. The van der Waals surface area contributed by atoms with Gasteiger partial charge in [-0.25, -0.2) is 4.39 Å². The smallest absolute Gasteiger partial charge is 0.125 e. The van der Waals surface area contributed by atoms with Gasteiger partial charge in [-0.05, 0) is 24.6 Å². The van der Waals surface area contributed by atoms with Crippen LogP contribution in [-0.4, -0.2) is 13.6 Å². The Balaban J connectivity index is 2.73. The second-order valence-electron chi connectivity index (χ2n) is 2.75. The summed E-state index contributed by atoms with van der Waals surface area (Å²) in [5, 5.41) is 0. The van der Waals surface area contributed by atoms with Gasteiger partial charge in [0.2, 0.25) is 0 Å². The number of nitrogens with zero attached hydrogens (tertiary/aromatic N) is 1. The third-order valence-corrected chi connectivity index (χ3v) is 1.74. The second-order valence-corrected chi connectivity index (χ2v) is 2.75. The van der Waals surface area contributed by atoms with E-state index in [-0.39, 0.29) is 5.82 Å². The third kappa shape index (κ3) is 2.22. The van der Waals surface area contributed by atoms with Crippen LogP contribution in [0.1, 0.15) is 6.42 Å². The maximum absolute atomic E-state index is 12.7. The third-order valence-electron chi connectivity index (χ3n) is 1.74. The lowest BCUT2D eigenvalue weighted by Gasteiger charge is -2.17. The van der Waals surface area contributed by atoms with Crippen LogP contribution in [0, 0.1) is 12.7 Å². The fourth-order valence-electron chi connectivity index (χ4n) is 1.08. The maximum atomic E-state index is 12.7. The van der Waals surface area contributed by atoms with Gasteiger partial charge >= 0.3 is 0 Å². The van der Waals surface area contributed by atoms with Gasteiger partial charge in [0.15, 0.2) is 0 Å². The SMILES string of the molecule is [CH2]CCN(C)c1cccc(F)c1. The zero-order valence-corrected chi connectivity index (χ0v) is 7.26. The molecule has 0 aliphatic heterocycles. The highest BCUT2D eigenvalue weighted by atomic mass is 19.1. The van der Waals surface area contributed by atoms with E-state index >= 15 is 0 Å². The first-order chi connectivity index (χ1) is 5.74. The highest BCUT2D eigenvalue weighted by molar-refractivity contribution is 5.45. The first-order valence-electron chi connectivity index (χ1n) is 4.00. The quantitative estimate of drug-likeness (QED) is 0.666. The summed E-state index contributed by atoms with van der Waals surface area (Å²) in [7, 11) is 1.93. The van der Waals surface area contributed by atoms with Crippen LogP contribution in [0.15, 0.2) is 24.3 Å². The second kappa shape index (κ2) is 4.10. The first-order valence-corrected chi connectivity index (χ1v) is 4.00. The Morgan fingerprint density at radius 3 is 2.83 bits per heavy atom. The fourth-order valence-corrected chi connectivity index (χ4v) is 1.08. The minimum absolute atomic E-state index is 0.191. The number of anilines is 1. The van der Waals surface area contributed by atoms with Crippen molar-refractivity contribution in [3.8, 4) is 0 Å². The molecule has 0 saturated carbocycles. The molecule has 0 bridgehead atoms. The minimum atomic E-state index is -0.191. The van der Waals surface area contributed by atoms with Crippen molar-refractivity contribution in [1.82, 2.24) is 0 Å². The Morgan fingerprint density at radius 1 is 1.50 bits per heavy atom. The van der Waals surface area contributed by atoms with E-state index in [0.717, 1.165) is 18.7 Å². The summed E-state index contributed by atoms with van der Waals surface area (Å²) in [6.45, 7) is 4.59. The topological polar surface area (TPSA) is 3.24 Å². The molecule has 1 rings (SSSR count). The number of rotatable bonds is 3. The Labute approximate surface area is 72.8 Å². The van der Waals surface area contributed by atoms with Gasteiger partial charge in [0, 0.05) is 19.3 Å². The van der Waals surface area contributed by atoms with Gasteiger partial charge in [-0.1, -0.05) is 13.0 Å². The van der Waals surface area contributed by atoms with Crippen LogP contribution < -0.4 is 4.90 Å². The highest BCUT2D eigenvalue weighted by Gasteiger charge is 1.99. The molecular formula is C10H13FN. The molecule has 0 atom stereocenters. The van der Waals surface area contributed by atoms with E-state index in [1.165, 1.54) is 12.1 Å². The van der Waals surface area contributed by atoms with Gasteiger partial charge in [-0.2, -0.15) is 0 Å². The molecule has 1 aromatic rings. The Morgan fingerprint density at radius 2 is 2.25 bits per heavy atom. The van der Waals surface area contributed by atoms with Crippen LogP contribution in [-0.2, 0) is 0 Å². The van der Waals surface area contributed by atoms with Crippen LogP contribution in [0.2, 0.25) is 0 Å². The molecule has 2 heteroatoms. The van der Waals surface area contributed by atoms with Gasteiger partial charge in [-0.3, -0.25) is 0 Å². The van der Waals surface area contributed by atoms with E-state index in [4.69, 9.17) is 0 Å². The van der Waals surface area contributed by atoms with E-state index in [0.29, 0.717) is 0 Å². The van der Waals surface area contributed by atoms with E-state index in [1.54, 1.807) is 6.07 Å². The lowest BCUT2D eigenvalue weighted by Crippen LogP contribution is -2.17. The van der Waals surface area contributed by atoms with Crippen molar-refractivity contribution in [2.45, 2.75) is 6.42 Å². The summed E-state index contributed by atoms with van der Waals surface area (Å²) < 4.78 is 12.7. The van der Waals surface area contributed by atoms with Crippen molar-refractivity contribution in [2.75, 3.05) is 18.5 Å². The van der Waals surface area contributed by atoms with Crippen molar-refractivity contribution in [1.29, 1.82) is 0 Å². The predicted molar refractivity (Wildman–Crippen MR) is 49.6 cm³/mol. The fraction of sp³-hybridized carbons (Fsp3) is 0.300. The Bertz CT molecular complexity index is 247. The molecular weight excluding hydrogens is 153 g/mol. The van der Waals surface area contributed by atoms with E-state index in [1.807, 2.05) is 18.0 Å². The van der Waals surface area contributed by atoms with Gasteiger partial charge < -0.3 is 4.90 Å². The highest BCUT2D eigenvalue weighted by Crippen LogP contribution is 2.13. The van der Waals surface area contributed by atoms with E-state index in [2.05, 4.69) is 6.92 Å². The molecule has 12 heavy (non-hydrogen) atoms. The molecule has 0 saturated heterocycles. The van der Waals surface area contributed by atoms with Crippen molar-refractivity contribution in [2.24, 2.45) is 0 Å². The molecule has 0 amide bonds. The van der Waals surface area contributed by atoms with Crippen LogP contribution in [0.5, 0.6) is 0 Å². The monoisotopic (exact) mass is 166 g/mol. The number of benzene rings is 1. The predicted octanol–water partition coefficient (Wildman–Crippen LogP) is 2.49. The van der Waals surface area contributed by atoms with Gasteiger partial charge in [0.1, 0.15) is 5.82 Å². The zero-order chi connectivity index (χ0) is 8.97. The van der Waals surface area contributed by atoms with Gasteiger partial charge in [0.25, 0.3) is 0 Å². The molecule has 1 radical (unpaired) electrons. The molecule has 0 aliphatic carbocycles. The summed E-state index contributed by atoms with van der Waals surface area (Å²) in [6.07, 6.45) is 0.826. The van der Waals surface area contributed by atoms with E-state index < -0.39 is 0 Å². The Kier molecular flexibility index (Phi) is 3.09. The van der Waals surface area contributed by atoms with Crippen LogP contribution in [0.3, 0.4) is 0 Å². The molecule has 0 aromatic heterocycles. The van der Waals surface area contributed by atoms with Gasteiger partial charge in [0.05, 0.1) is 0 Å². The number of halogens is 1. The van der Waals surface area contributed by atoms with Crippen molar-refractivity contribution >= 4 is 5.69 Å². The molecule has 0 aliphatic rings. The standard InChI is InChI=1S/C10H13FN/c1-3-7-12(2)10-6-4-5-9(11)8-10/h4-6,8H,1,3,7H2,2H3. The molecule has 1 nitrogen and oxygen atoms in total. The van der Waals surface area contributed by atoms with Crippen molar-refractivity contribution < 1.29 is 4.39 Å². The largest absolute Gasteiger partial charge is 0.375 e. The molecule has 0 fully saturated rings. The summed E-state index contributed by atoms with van der Waals surface area (Å²) in [4.78, 5) is 1.98. The van der Waals surface area contributed by atoms with Crippen LogP contribution >= 0.6 is 0 Å². The molecule has 0 N–H and O–H groups in total. The lowest BCUT2D eigenvalue weighted by molar-refractivity contribution is 0.627. The number of hydrogen-bond acceptors (Lipinski definition) is 1. The first kappa shape index (κ1) is 9.04. The molecule has 0 heterocycles. The summed E-state index contributed by atoms with van der Waals surface area (Å²) in [5.41, 5.74) is 0.902. The minimum Gasteiger partial charge on any atom is -0.375 e. The normalized spacial score (nSPS) is 9.92. The van der Waals surface area contributed by atoms with Crippen molar-refractivity contribution in [3.05, 3.63) is 37.0 Å². The summed E-state index contributed by atoms with van der Waals surface area (Å²) in [6, 6.07) is 6.57. The number of hydrogen-bond donors (Lipinski definition) is 0. The molecule has 0 spiro atoms. The molecule has 1 aromatic carbocycles. The lowest BCUT2D eigenvalue weighted by atomic mass is 10.3.